The summed E-state index contributed by atoms with van der Waals surface area (Å²) >= 11 is 0. The number of nitrogens with zero attached hydrogens (tertiary/aromatic N) is 1. The third-order valence-corrected chi connectivity index (χ3v) is 3.21. The lowest BCUT2D eigenvalue weighted by Gasteiger charge is -2.34. The lowest BCUT2D eigenvalue weighted by Crippen LogP contribution is -2.40. The third-order valence-electron chi connectivity index (χ3n) is 3.21. The van der Waals surface area contributed by atoms with E-state index in [1.807, 2.05) is 27.7 Å². The first-order valence-corrected chi connectivity index (χ1v) is 6.58. The first kappa shape index (κ1) is 13.8. The lowest BCUT2D eigenvalue weighted by atomic mass is 9.91. The zero-order valence-electron chi connectivity index (χ0n) is 11.9. The van der Waals surface area contributed by atoms with Gasteiger partial charge in [-0.1, -0.05) is 6.92 Å². The molecule has 1 aliphatic rings. The summed E-state index contributed by atoms with van der Waals surface area (Å²) in [7, 11) is 0. The highest BCUT2D eigenvalue weighted by molar-refractivity contribution is 5.89. The second-order valence-electron chi connectivity index (χ2n) is 6.02. The van der Waals surface area contributed by atoms with Gasteiger partial charge in [0, 0.05) is 6.54 Å². The molecule has 0 saturated heterocycles. The number of amides is 1. The number of ether oxygens (including phenoxy) is 1. The van der Waals surface area contributed by atoms with E-state index in [0.29, 0.717) is 6.54 Å². The van der Waals surface area contributed by atoms with E-state index in [9.17, 15) is 9.18 Å². The van der Waals surface area contributed by atoms with Gasteiger partial charge < -0.3 is 4.74 Å². The molecule has 0 aromatic heterocycles. The Hall–Kier alpha value is -1.58. The van der Waals surface area contributed by atoms with Crippen LogP contribution in [0.4, 0.5) is 14.9 Å². The Morgan fingerprint density at radius 3 is 2.74 bits per heavy atom. The largest absolute Gasteiger partial charge is 0.443 e. The standard InChI is InChI=1S/C15H20FNO2/c1-10-7-8-17(14(18)19-15(2,3)4)13-6-5-11(16)9-12(10)13/h5-6,9-10H,7-8H2,1-4H3. The fourth-order valence-electron chi connectivity index (χ4n) is 2.27. The third kappa shape index (κ3) is 3.06. The van der Waals surface area contributed by atoms with E-state index in [-0.39, 0.29) is 17.8 Å². The van der Waals surface area contributed by atoms with E-state index in [0.717, 1.165) is 17.7 Å². The van der Waals surface area contributed by atoms with Gasteiger partial charge in [0.15, 0.2) is 0 Å². The van der Waals surface area contributed by atoms with E-state index in [1.165, 1.54) is 12.1 Å². The van der Waals surface area contributed by atoms with Crippen molar-refractivity contribution in [2.24, 2.45) is 0 Å². The Morgan fingerprint density at radius 2 is 2.11 bits per heavy atom. The van der Waals surface area contributed by atoms with E-state index in [2.05, 4.69) is 0 Å². The van der Waals surface area contributed by atoms with E-state index < -0.39 is 5.60 Å². The Morgan fingerprint density at radius 1 is 1.42 bits per heavy atom. The van der Waals surface area contributed by atoms with Crippen LogP contribution in [0.15, 0.2) is 18.2 Å². The summed E-state index contributed by atoms with van der Waals surface area (Å²) < 4.78 is 18.7. The number of rotatable bonds is 0. The molecule has 1 unspecified atom stereocenters. The summed E-state index contributed by atoms with van der Waals surface area (Å²) in [5.74, 6) is -0.0129. The second kappa shape index (κ2) is 4.83. The van der Waals surface area contributed by atoms with E-state index in [1.54, 1.807) is 11.0 Å². The molecule has 104 valence electrons. The highest BCUT2D eigenvalue weighted by Gasteiger charge is 2.30. The first-order chi connectivity index (χ1) is 8.78. The maximum Gasteiger partial charge on any atom is 0.414 e. The van der Waals surface area contributed by atoms with Crippen molar-refractivity contribution in [3.8, 4) is 0 Å². The van der Waals surface area contributed by atoms with Gasteiger partial charge in [-0.05, 0) is 56.9 Å². The van der Waals surface area contributed by atoms with Gasteiger partial charge >= 0.3 is 6.09 Å². The SMILES string of the molecule is CC1CCN(C(=O)OC(C)(C)C)c2ccc(F)cc21. The van der Waals surface area contributed by atoms with Gasteiger partial charge in [0.1, 0.15) is 11.4 Å². The van der Waals surface area contributed by atoms with Crippen molar-refractivity contribution in [3.63, 3.8) is 0 Å². The molecule has 0 spiro atoms. The number of hydrogen-bond donors (Lipinski definition) is 0. The molecule has 1 heterocycles. The average molecular weight is 265 g/mol. The van der Waals surface area contributed by atoms with Crippen LogP contribution in [0.1, 0.15) is 45.6 Å². The van der Waals surface area contributed by atoms with Crippen molar-refractivity contribution in [1.29, 1.82) is 0 Å². The molecule has 1 amide bonds. The lowest BCUT2D eigenvalue weighted by molar-refractivity contribution is 0.0577. The topological polar surface area (TPSA) is 29.5 Å². The van der Waals surface area contributed by atoms with Crippen LogP contribution in [-0.4, -0.2) is 18.2 Å². The first-order valence-electron chi connectivity index (χ1n) is 6.58. The molecular weight excluding hydrogens is 245 g/mol. The molecule has 1 aromatic rings. The molecule has 1 aromatic carbocycles. The molecule has 0 fully saturated rings. The molecular formula is C15H20FNO2. The van der Waals surface area contributed by atoms with Gasteiger partial charge in [-0.25, -0.2) is 9.18 Å². The summed E-state index contributed by atoms with van der Waals surface area (Å²) in [5, 5.41) is 0. The molecule has 19 heavy (non-hydrogen) atoms. The van der Waals surface area contributed by atoms with E-state index in [4.69, 9.17) is 4.74 Å². The van der Waals surface area contributed by atoms with Gasteiger partial charge in [-0.15, -0.1) is 0 Å². The summed E-state index contributed by atoms with van der Waals surface area (Å²) in [6.07, 6.45) is 0.447. The van der Waals surface area contributed by atoms with Gasteiger partial charge in [0.25, 0.3) is 0 Å². The van der Waals surface area contributed by atoms with Gasteiger partial charge in [-0.3, -0.25) is 4.90 Å². The van der Waals surface area contributed by atoms with Gasteiger partial charge in [-0.2, -0.15) is 0 Å². The summed E-state index contributed by atoms with van der Waals surface area (Å²) in [4.78, 5) is 13.8. The maximum atomic E-state index is 13.3. The van der Waals surface area contributed by atoms with Crippen molar-refractivity contribution < 1.29 is 13.9 Å². The fraction of sp³-hybridized carbons (Fsp3) is 0.533. The quantitative estimate of drug-likeness (QED) is 0.707. The van der Waals surface area contributed by atoms with Crippen molar-refractivity contribution in [2.75, 3.05) is 11.4 Å². The van der Waals surface area contributed by atoms with Crippen LogP contribution >= 0.6 is 0 Å². The molecule has 0 aliphatic carbocycles. The zero-order valence-corrected chi connectivity index (χ0v) is 11.9. The van der Waals surface area contributed by atoms with Crippen molar-refractivity contribution >= 4 is 11.8 Å². The van der Waals surface area contributed by atoms with Crippen molar-refractivity contribution in [1.82, 2.24) is 0 Å². The highest BCUT2D eigenvalue weighted by Crippen LogP contribution is 2.36. The summed E-state index contributed by atoms with van der Waals surface area (Å²) in [6, 6.07) is 4.55. The molecule has 1 atom stereocenters. The minimum Gasteiger partial charge on any atom is -0.443 e. The molecule has 0 radical (unpaired) electrons. The molecule has 0 saturated carbocycles. The number of benzene rings is 1. The zero-order chi connectivity index (χ0) is 14.2. The number of fused-ring (bicyclic) bond motifs is 1. The Balaban J connectivity index is 2.31. The predicted octanol–water partition coefficient (Wildman–Crippen LogP) is 4.07. The van der Waals surface area contributed by atoms with Crippen LogP contribution in [0.5, 0.6) is 0 Å². The molecule has 1 aliphatic heterocycles. The Kier molecular flexibility index (Phi) is 3.52. The van der Waals surface area contributed by atoms with Gasteiger partial charge in [0.05, 0.1) is 5.69 Å². The van der Waals surface area contributed by atoms with Crippen LogP contribution in [0.2, 0.25) is 0 Å². The fourth-order valence-corrected chi connectivity index (χ4v) is 2.27. The average Bonchev–Trinajstić information content (AvgIpc) is 2.27. The minimum absolute atomic E-state index is 0.254. The maximum absolute atomic E-state index is 13.3. The number of carbonyl (C=O) groups excluding carboxylic acids is 1. The molecule has 4 heteroatoms. The van der Waals surface area contributed by atoms with Crippen LogP contribution in [0.25, 0.3) is 0 Å². The molecule has 2 rings (SSSR count). The van der Waals surface area contributed by atoms with Crippen LogP contribution in [0.3, 0.4) is 0 Å². The van der Waals surface area contributed by atoms with Crippen molar-refractivity contribution in [3.05, 3.63) is 29.6 Å². The van der Waals surface area contributed by atoms with Crippen molar-refractivity contribution in [2.45, 2.75) is 45.6 Å². The molecule has 3 nitrogen and oxygen atoms in total. The smallest absolute Gasteiger partial charge is 0.414 e. The summed E-state index contributed by atoms with van der Waals surface area (Å²) in [6.45, 7) is 8.16. The van der Waals surface area contributed by atoms with Crippen LogP contribution in [0, 0.1) is 5.82 Å². The number of halogens is 1. The van der Waals surface area contributed by atoms with E-state index >= 15 is 0 Å². The molecule has 0 N–H and O–H groups in total. The Bertz CT molecular complexity index is 493. The Labute approximate surface area is 113 Å². The number of carbonyl (C=O) groups is 1. The van der Waals surface area contributed by atoms with Crippen LogP contribution in [-0.2, 0) is 4.74 Å². The summed E-state index contributed by atoms with van der Waals surface area (Å²) in [5.41, 5.74) is 1.10. The minimum atomic E-state index is -0.527. The second-order valence-corrected chi connectivity index (χ2v) is 6.02. The predicted molar refractivity (Wildman–Crippen MR) is 73.0 cm³/mol. The van der Waals surface area contributed by atoms with Gasteiger partial charge in [0.2, 0.25) is 0 Å². The highest BCUT2D eigenvalue weighted by atomic mass is 19.1. The number of anilines is 1. The number of hydrogen-bond acceptors (Lipinski definition) is 2. The monoisotopic (exact) mass is 265 g/mol. The normalized spacial score (nSPS) is 19.0. The van der Waals surface area contributed by atoms with Crippen LogP contribution < -0.4 is 4.90 Å². The molecule has 0 bridgehead atoms.